The molecule has 1 aromatic carbocycles. The molecular formula is C11H17NO2. The molecule has 0 saturated heterocycles. The van der Waals surface area contributed by atoms with E-state index in [2.05, 4.69) is 0 Å². The zero-order valence-electron chi connectivity index (χ0n) is 8.78. The molecule has 78 valence electrons. The zero-order chi connectivity index (χ0) is 10.9. The van der Waals surface area contributed by atoms with Crippen LogP contribution in [0.25, 0.3) is 0 Å². The molecule has 0 aromatic heterocycles. The Morgan fingerprint density at radius 1 is 1.21 bits per heavy atom. The molecule has 3 nitrogen and oxygen atoms in total. The SMILES string of the molecule is CC(C)(C)[C@@H](N)c1cccc(O)c1O. The normalized spacial score (nSPS) is 14.0. The first kappa shape index (κ1) is 10.9. The monoisotopic (exact) mass is 195 g/mol. The number of hydrogen-bond donors (Lipinski definition) is 3. The van der Waals surface area contributed by atoms with Crippen molar-refractivity contribution in [2.45, 2.75) is 26.8 Å². The van der Waals surface area contributed by atoms with Gasteiger partial charge in [-0.05, 0) is 11.5 Å². The highest BCUT2D eigenvalue weighted by atomic mass is 16.3. The number of hydrogen-bond acceptors (Lipinski definition) is 3. The van der Waals surface area contributed by atoms with Crippen molar-refractivity contribution in [1.29, 1.82) is 0 Å². The number of phenolic OH excluding ortho intramolecular Hbond substituents is 2. The third-order valence-electron chi connectivity index (χ3n) is 2.31. The lowest BCUT2D eigenvalue weighted by molar-refractivity contribution is 0.313. The van der Waals surface area contributed by atoms with Crippen molar-refractivity contribution in [2.24, 2.45) is 11.1 Å². The van der Waals surface area contributed by atoms with Gasteiger partial charge in [0.25, 0.3) is 0 Å². The Bertz CT molecular complexity index is 329. The summed E-state index contributed by atoms with van der Waals surface area (Å²) in [7, 11) is 0. The minimum Gasteiger partial charge on any atom is -0.504 e. The van der Waals surface area contributed by atoms with Crippen molar-refractivity contribution in [3.63, 3.8) is 0 Å². The van der Waals surface area contributed by atoms with E-state index in [-0.39, 0.29) is 23.0 Å². The Balaban J connectivity index is 3.14. The molecule has 0 amide bonds. The van der Waals surface area contributed by atoms with Gasteiger partial charge in [-0.1, -0.05) is 32.9 Å². The molecule has 0 radical (unpaired) electrons. The third kappa shape index (κ3) is 1.99. The predicted octanol–water partition coefficient (Wildman–Crippen LogP) is 2.14. The molecule has 0 fully saturated rings. The van der Waals surface area contributed by atoms with Crippen LogP contribution in [0.3, 0.4) is 0 Å². The highest BCUT2D eigenvalue weighted by Gasteiger charge is 2.25. The molecule has 1 atom stereocenters. The van der Waals surface area contributed by atoms with Gasteiger partial charge in [-0.2, -0.15) is 0 Å². The summed E-state index contributed by atoms with van der Waals surface area (Å²) < 4.78 is 0. The molecule has 0 bridgehead atoms. The number of rotatable bonds is 1. The Morgan fingerprint density at radius 3 is 2.29 bits per heavy atom. The van der Waals surface area contributed by atoms with E-state index in [0.717, 1.165) is 0 Å². The van der Waals surface area contributed by atoms with E-state index in [0.29, 0.717) is 5.56 Å². The highest BCUT2D eigenvalue weighted by molar-refractivity contribution is 5.46. The Labute approximate surface area is 84.2 Å². The van der Waals surface area contributed by atoms with Crippen LogP contribution in [0, 0.1) is 5.41 Å². The van der Waals surface area contributed by atoms with Crippen molar-refractivity contribution >= 4 is 0 Å². The number of para-hydroxylation sites is 1. The van der Waals surface area contributed by atoms with Crippen LogP contribution in [0.1, 0.15) is 32.4 Å². The summed E-state index contributed by atoms with van der Waals surface area (Å²) in [5.41, 5.74) is 6.40. The van der Waals surface area contributed by atoms with E-state index in [1.807, 2.05) is 20.8 Å². The van der Waals surface area contributed by atoms with Crippen LogP contribution in [0.15, 0.2) is 18.2 Å². The quantitative estimate of drug-likeness (QED) is 0.601. The Morgan fingerprint density at radius 2 is 1.79 bits per heavy atom. The smallest absolute Gasteiger partial charge is 0.162 e. The standard InChI is InChI=1S/C11H17NO2/c1-11(2,3)10(12)7-5-4-6-8(13)9(7)14/h4-6,10,13-14H,12H2,1-3H3/t10-/m0/s1. The van der Waals surface area contributed by atoms with Gasteiger partial charge in [0.15, 0.2) is 11.5 Å². The minimum absolute atomic E-state index is 0.116. The zero-order valence-corrected chi connectivity index (χ0v) is 8.78. The van der Waals surface area contributed by atoms with E-state index in [1.165, 1.54) is 6.07 Å². The van der Waals surface area contributed by atoms with Crippen LogP contribution < -0.4 is 5.73 Å². The maximum atomic E-state index is 9.60. The molecule has 0 saturated carbocycles. The fourth-order valence-electron chi connectivity index (χ4n) is 1.27. The molecule has 0 aliphatic carbocycles. The number of phenols is 2. The van der Waals surface area contributed by atoms with Crippen molar-refractivity contribution in [3.05, 3.63) is 23.8 Å². The van der Waals surface area contributed by atoms with Gasteiger partial charge in [0.05, 0.1) is 0 Å². The van der Waals surface area contributed by atoms with E-state index in [4.69, 9.17) is 5.73 Å². The maximum absolute atomic E-state index is 9.60. The molecule has 0 heterocycles. The number of benzene rings is 1. The van der Waals surface area contributed by atoms with Gasteiger partial charge in [-0.3, -0.25) is 0 Å². The van der Waals surface area contributed by atoms with Gasteiger partial charge < -0.3 is 15.9 Å². The third-order valence-corrected chi connectivity index (χ3v) is 2.31. The fourth-order valence-corrected chi connectivity index (χ4v) is 1.27. The second kappa shape index (κ2) is 3.50. The molecule has 14 heavy (non-hydrogen) atoms. The molecule has 1 rings (SSSR count). The maximum Gasteiger partial charge on any atom is 0.162 e. The predicted molar refractivity (Wildman–Crippen MR) is 56.2 cm³/mol. The molecule has 4 N–H and O–H groups in total. The van der Waals surface area contributed by atoms with Crippen LogP contribution in [0.5, 0.6) is 11.5 Å². The van der Waals surface area contributed by atoms with E-state index < -0.39 is 0 Å². The topological polar surface area (TPSA) is 66.5 Å². The van der Waals surface area contributed by atoms with Crippen molar-refractivity contribution in [2.75, 3.05) is 0 Å². The van der Waals surface area contributed by atoms with Gasteiger partial charge in [0, 0.05) is 11.6 Å². The summed E-state index contributed by atoms with van der Waals surface area (Å²) in [6, 6.07) is 4.55. The first-order valence-corrected chi connectivity index (χ1v) is 4.60. The van der Waals surface area contributed by atoms with E-state index >= 15 is 0 Å². The summed E-state index contributed by atoms with van der Waals surface area (Å²) in [5, 5.41) is 18.9. The lowest BCUT2D eigenvalue weighted by Crippen LogP contribution is -2.26. The number of aromatic hydroxyl groups is 2. The summed E-state index contributed by atoms with van der Waals surface area (Å²) in [5.74, 6) is -0.239. The minimum atomic E-state index is -0.297. The van der Waals surface area contributed by atoms with Crippen LogP contribution in [0.4, 0.5) is 0 Å². The second-order valence-electron chi connectivity index (χ2n) is 4.56. The Hall–Kier alpha value is -1.22. The van der Waals surface area contributed by atoms with Crippen molar-refractivity contribution in [1.82, 2.24) is 0 Å². The van der Waals surface area contributed by atoms with Crippen molar-refractivity contribution < 1.29 is 10.2 Å². The second-order valence-corrected chi connectivity index (χ2v) is 4.56. The van der Waals surface area contributed by atoms with Crippen LogP contribution in [-0.4, -0.2) is 10.2 Å². The fraction of sp³-hybridized carbons (Fsp3) is 0.455. The van der Waals surface area contributed by atoms with Crippen LogP contribution in [0.2, 0.25) is 0 Å². The van der Waals surface area contributed by atoms with E-state index in [1.54, 1.807) is 12.1 Å². The Kier molecular flexibility index (Phi) is 2.71. The lowest BCUT2D eigenvalue weighted by Gasteiger charge is -2.27. The van der Waals surface area contributed by atoms with Crippen LogP contribution in [-0.2, 0) is 0 Å². The van der Waals surface area contributed by atoms with Crippen molar-refractivity contribution in [3.8, 4) is 11.5 Å². The molecular weight excluding hydrogens is 178 g/mol. The number of nitrogens with two attached hydrogens (primary N) is 1. The lowest BCUT2D eigenvalue weighted by atomic mass is 9.82. The molecule has 3 heteroatoms. The van der Waals surface area contributed by atoms with Gasteiger partial charge in [0.2, 0.25) is 0 Å². The van der Waals surface area contributed by atoms with Gasteiger partial charge >= 0.3 is 0 Å². The average molecular weight is 195 g/mol. The first-order valence-electron chi connectivity index (χ1n) is 4.60. The summed E-state index contributed by atoms with van der Waals surface area (Å²) >= 11 is 0. The first-order chi connectivity index (χ1) is 6.34. The molecule has 1 aromatic rings. The van der Waals surface area contributed by atoms with Gasteiger partial charge in [-0.15, -0.1) is 0 Å². The van der Waals surface area contributed by atoms with Crippen LogP contribution >= 0.6 is 0 Å². The molecule has 0 aliphatic rings. The van der Waals surface area contributed by atoms with Gasteiger partial charge in [0.1, 0.15) is 0 Å². The highest BCUT2D eigenvalue weighted by Crippen LogP contribution is 2.38. The molecule has 0 unspecified atom stereocenters. The van der Waals surface area contributed by atoms with Gasteiger partial charge in [-0.25, -0.2) is 0 Å². The summed E-state index contributed by atoms with van der Waals surface area (Å²) in [6.07, 6.45) is 0. The van der Waals surface area contributed by atoms with E-state index in [9.17, 15) is 10.2 Å². The summed E-state index contributed by atoms with van der Waals surface area (Å²) in [6.45, 7) is 5.96. The average Bonchev–Trinajstić information content (AvgIpc) is 2.07. The molecule has 0 spiro atoms. The summed E-state index contributed by atoms with van der Waals surface area (Å²) in [4.78, 5) is 0. The largest absolute Gasteiger partial charge is 0.504 e. The molecule has 0 aliphatic heterocycles.